The van der Waals surface area contributed by atoms with Gasteiger partial charge in [-0.2, -0.15) is 4.98 Å². The maximum absolute atomic E-state index is 11.0. The first-order chi connectivity index (χ1) is 8.60. The Labute approximate surface area is 109 Å². The monoisotopic (exact) mass is 272 g/mol. The zero-order valence-electron chi connectivity index (χ0n) is 10.6. The van der Waals surface area contributed by atoms with Crippen molar-refractivity contribution in [2.24, 2.45) is 0 Å². The van der Waals surface area contributed by atoms with E-state index >= 15 is 0 Å². The molecule has 1 heterocycles. The van der Waals surface area contributed by atoms with E-state index in [2.05, 4.69) is 15.3 Å². The van der Waals surface area contributed by atoms with Gasteiger partial charge < -0.3 is 10.1 Å². The summed E-state index contributed by atoms with van der Waals surface area (Å²) in [5.74, 6) is 1.03. The summed E-state index contributed by atoms with van der Waals surface area (Å²) >= 11 is 1.30. The van der Waals surface area contributed by atoms with E-state index in [0.717, 1.165) is 0 Å². The molecule has 0 aromatic carbocycles. The number of nitrogens with zero attached hydrogens (tertiary/aromatic N) is 3. The Bertz CT molecular complexity index is 428. The molecule has 0 atom stereocenters. The molecule has 0 fully saturated rings. The van der Waals surface area contributed by atoms with E-state index in [1.54, 1.807) is 14.0 Å². The molecule has 100 valence electrons. The number of thioether (sulfide) groups is 1. The molecule has 0 aliphatic heterocycles. The van der Waals surface area contributed by atoms with Gasteiger partial charge in [-0.25, -0.2) is 4.98 Å². The summed E-state index contributed by atoms with van der Waals surface area (Å²) < 4.78 is 4.92. The van der Waals surface area contributed by atoms with Gasteiger partial charge in [-0.05, 0) is 13.8 Å². The highest BCUT2D eigenvalue weighted by atomic mass is 32.2. The summed E-state index contributed by atoms with van der Waals surface area (Å²) in [5.41, 5.74) is 0.337. The predicted molar refractivity (Wildman–Crippen MR) is 70.2 cm³/mol. The Morgan fingerprint density at radius 3 is 2.78 bits per heavy atom. The molecule has 0 bridgehead atoms. The number of nitrogens with one attached hydrogen (secondary N) is 1. The Hall–Kier alpha value is -1.41. The number of methoxy groups -OCH3 is 1. The average molecular weight is 272 g/mol. The molecule has 0 aliphatic carbocycles. The average Bonchev–Trinajstić information content (AvgIpc) is 2.28. The van der Waals surface area contributed by atoms with E-state index in [1.165, 1.54) is 11.8 Å². The third-order valence-electron chi connectivity index (χ3n) is 2.07. The normalized spacial score (nSPS) is 10.4. The molecule has 0 amide bonds. The van der Waals surface area contributed by atoms with Gasteiger partial charge in [-0.3, -0.25) is 10.1 Å². The number of rotatable bonds is 7. The van der Waals surface area contributed by atoms with Gasteiger partial charge in [-0.15, -0.1) is 0 Å². The second kappa shape index (κ2) is 7.12. The van der Waals surface area contributed by atoms with Crippen LogP contribution in [-0.2, 0) is 4.74 Å². The maximum Gasteiger partial charge on any atom is 0.322 e. The van der Waals surface area contributed by atoms with Gasteiger partial charge in [0.25, 0.3) is 0 Å². The quantitative estimate of drug-likeness (QED) is 0.266. The summed E-state index contributed by atoms with van der Waals surface area (Å²) in [5, 5.41) is 14.3. The SMILES string of the molecule is CCNc1nc(C)c([N+](=O)[O-])c(SCCOC)n1. The molecular formula is C10H16N4O3S. The number of anilines is 1. The van der Waals surface area contributed by atoms with Crippen LogP contribution >= 0.6 is 11.8 Å². The maximum atomic E-state index is 11.0. The highest BCUT2D eigenvalue weighted by Gasteiger charge is 2.22. The molecule has 0 saturated heterocycles. The van der Waals surface area contributed by atoms with Crippen LogP contribution in [0.5, 0.6) is 0 Å². The van der Waals surface area contributed by atoms with Gasteiger partial charge in [0.05, 0.1) is 11.5 Å². The third-order valence-corrected chi connectivity index (χ3v) is 3.00. The zero-order valence-corrected chi connectivity index (χ0v) is 11.4. The third kappa shape index (κ3) is 3.81. The lowest BCUT2D eigenvalue weighted by Gasteiger charge is -2.07. The fourth-order valence-electron chi connectivity index (χ4n) is 1.31. The van der Waals surface area contributed by atoms with Crippen LogP contribution < -0.4 is 5.32 Å². The van der Waals surface area contributed by atoms with Gasteiger partial charge in [-0.1, -0.05) is 11.8 Å². The lowest BCUT2D eigenvalue weighted by molar-refractivity contribution is -0.389. The summed E-state index contributed by atoms with van der Waals surface area (Å²) in [6.45, 7) is 4.71. The molecule has 0 spiro atoms. The van der Waals surface area contributed by atoms with E-state index in [0.29, 0.717) is 35.6 Å². The predicted octanol–water partition coefficient (Wildman–Crippen LogP) is 1.86. The Morgan fingerprint density at radius 1 is 1.50 bits per heavy atom. The van der Waals surface area contributed by atoms with Crippen molar-refractivity contribution in [3.05, 3.63) is 15.8 Å². The first-order valence-electron chi connectivity index (χ1n) is 5.48. The van der Waals surface area contributed by atoms with Gasteiger partial charge in [0.1, 0.15) is 5.69 Å². The standard InChI is InChI=1S/C10H16N4O3S/c1-4-11-10-12-7(2)8(14(15)16)9(13-10)18-6-5-17-3/h4-6H2,1-3H3,(H,11,12,13). The number of hydrogen-bond acceptors (Lipinski definition) is 7. The topological polar surface area (TPSA) is 90.2 Å². The van der Waals surface area contributed by atoms with Crippen LogP contribution in [0.3, 0.4) is 0 Å². The van der Waals surface area contributed by atoms with Crippen molar-refractivity contribution in [3.8, 4) is 0 Å². The largest absolute Gasteiger partial charge is 0.384 e. The summed E-state index contributed by atoms with van der Waals surface area (Å²) in [6.07, 6.45) is 0. The lowest BCUT2D eigenvalue weighted by Crippen LogP contribution is -2.07. The molecule has 0 radical (unpaired) electrons. The Kier molecular flexibility index (Phi) is 5.79. The van der Waals surface area contributed by atoms with Gasteiger partial charge in [0.15, 0.2) is 5.03 Å². The van der Waals surface area contributed by atoms with Crippen molar-refractivity contribution in [1.82, 2.24) is 9.97 Å². The molecule has 1 aromatic heterocycles. The van der Waals surface area contributed by atoms with Crippen LogP contribution in [0.1, 0.15) is 12.6 Å². The number of aryl methyl sites for hydroxylation is 1. The van der Waals surface area contributed by atoms with Crippen LogP contribution in [0.4, 0.5) is 11.6 Å². The molecule has 1 aromatic rings. The van der Waals surface area contributed by atoms with Crippen molar-refractivity contribution in [2.45, 2.75) is 18.9 Å². The fraction of sp³-hybridized carbons (Fsp3) is 0.600. The molecular weight excluding hydrogens is 256 g/mol. The van der Waals surface area contributed by atoms with Crippen molar-refractivity contribution < 1.29 is 9.66 Å². The van der Waals surface area contributed by atoms with Crippen molar-refractivity contribution in [1.29, 1.82) is 0 Å². The van der Waals surface area contributed by atoms with Crippen LogP contribution in [0.25, 0.3) is 0 Å². The first-order valence-corrected chi connectivity index (χ1v) is 6.47. The van der Waals surface area contributed by atoms with E-state index in [1.807, 2.05) is 6.92 Å². The molecule has 7 nitrogen and oxygen atoms in total. The van der Waals surface area contributed by atoms with Crippen LogP contribution in [0.2, 0.25) is 0 Å². The Morgan fingerprint density at radius 2 is 2.22 bits per heavy atom. The molecule has 1 rings (SSSR count). The molecule has 1 N–H and O–H groups in total. The second-order valence-electron chi connectivity index (χ2n) is 3.42. The van der Waals surface area contributed by atoms with E-state index in [4.69, 9.17) is 4.74 Å². The lowest BCUT2D eigenvalue weighted by atomic mass is 10.4. The van der Waals surface area contributed by atoms with Gasteiger partial charge in [0.2, 0.25) is 5.95 Å². The minimum absolute atomic E-state index is 0.0299. The van der Waals surface area contributed by atoms with Crippen molar-refractivity contribution in [3.63, 3.8) is 0 Å². The smallest absolute Gasteiger partial charge is 0.322 e. The number of aromatic nitrogens is 2. The number of nitro groups is 1. The summed E-state index contributed by atoms with van der Waals surface area (Å²) in [6, 6.07) is 0. The molecule has 0 unspecified atom stereocenters. The minimum Gasteiger partial charge on any atom is -0.384 e. The molecule has 18 heavy (non-hydrogen) atoms. The van der Waals surface area contributed by atoms with E-state index in [-0.39, 0.29) is 5.69 Å². The second-order valence-corrected chi connectivity index (χ2v) is 4.50. The van der Waals surface area contributed by atoms with Gasteiger partial charge >= 0.3 is 5.69 Å². The Balaban J connectivity index is 3.03. The van der Waals surface area contributed by atoms with Crippen LogP contribution in [-0.4, -0.2) is 40.9 Å². The van der Waals surface area contributed by atoms with Crippen molar-refractivity contribution >= 4 is 23.4 Å². The van der Waals surface area contributed by atoms with Crippen molar-refractivity contribution in [2.75, 3.05) is 31.3 Å². The number of hydrogen-bond donors (Lipinski definition) is 1. The minimum atomic E-state index is -0.444. The van der Waals surface area contributed by atoms with Crippen LogP contribution in [0, 0.1) is 17.0 Å². The number of ether oxygens (including phenoxy) is 1. The summed E-state index contributed by atoms with van der Waals surface area (Å²) in [4.78, 5) is 18.8. The first kappa shape index (κ1) is 14.7. The molecule has 8 heteroatoms. The highest BCUT2D eigenvalue weighted by Crippen LogP contribution is 2.30. The fourth-order valence-corrected chi connectivity index (χ4v) is 2.26. The van der Waals surface area contributed by atoms with Gasteiger partial charge in [0, 0.05) is 19.4 Å². The summed E-state index contributed by atoms with van der Waals surface area (Å²) in [7, 11) is 1.59. The molecule has 0 saturated carbocycles. The van der Waals surface area contributed by atoms with E-state index in [9.17, 15) is 10.1 Å². The van der Waals surface area contributed by atoms with Crippen LogP contribution in [0.15, 0.2) is 5.03 Å². The molecule has 0 aliphatic rings. The highest BCUT2D eigenvalue weighted by molar-refractivity contribution is 7.99. The van der Waals surface area contributed by atoms with E-state index < -0.39 is 4.92 Å². The zero-order chi connectivity index (χ0) is 13.5.